The number of carbonyl (C=O) groups is 16. The summed E-state index contributed by atoms with van der Waals surface area (Å²) in [6, 6.07) is 45.8. The van der Waals surface area contributed by atoms with Crippen molar-refractivity contribution in [3.05, 3.63) is 226 Å². The molecule has 32 nitrogen and oxygen atoms in total. The molecule has 1 atom stereocenters. The molecule has 5 saturated heterocycles. The molecule has 0 radical (unpaired) electrons. The molecule has 0 saturated carbocycles. The number of halogens is 1. The van der Waals surface area contributed by atoms with Crippen LogP contribution >= 0.6 is 70.4 Å². The van der Waals surface area contributed by atoms with Gasteiger partial charge < -0.3 is 43.6 Å². The summed E-state index contributed by atoms with van der Waals surface area (Å²) in [6.45, 7) is 2.56. The molecule has 15 amide bonds. The van der Waals surface area contributed by atoms with E-state index in [1.165, 1.54) is 23.0 Å². The minimum Gasteiger partial charge on any atom is -0.482 e. The van der Waals surface area contributed by atoms with E-state index in [1.807, 2.05) is 72.8 Å². The summed E-state index contributed by atoms with van der Waals surface area (Å²) in [7, 11) is 1.24. The number of furan rings is 1. The number of methoxy groups -OCH3 is 1. The minimum absolute atomic E-state index is 0.00692. The Morgan fingerprint density at radius 2 is 0.802 bits per heavy atom. The van der Waals surface area contributed by atoms with Gasteiger partial charge in [-0.2, -0.15) is 0 Å². The van der Waals surface area contributed by atoms with E-state index in [-0.39, 0.29) is 88.5 Å². The normalized spacial score (nSPS) is 18.2. The third-order valence-corrected chi connectivity index (χ3v) is 22.4. The number of fused-ring (bicyclic) bond motifs is 5. The van der Waals surface area contributed by atoms with E-state index in [0.29, 0.717) is 101 Å². The third-order valence-electron chi connectivity index (χ3n) is 18.2. The molecular formula is C83H65ClN10O22S5. The number of nitrogens with one attached hydrogen (secondary N) is 5. The number of ether oxygens (including phenoxy) is 5. The summed E-state index contributed by atoms with van der Waals surface area (Å²) in [5.74, 6) is -2.15. The number of esters is 1. The van der Waals surface area contributed by atoms with Gasteiger partial charge in [-0.05, 0) is 207 Å². The first-order valence-electron chi connectivity index (χ1n) is 36.4. The topological polar surface area (TPSA) is 432 Å². The molecule has 8 aromatic rings. The average Bonchev–Trinajstić information content (AvgIpc) is 1.74. The van der Waals surface area contributed by atoms with Gasteiger partial charge in [0.05, 0.1) is 60.9 Å². The SMILES string of the molecule is CCCCN1C(=O)COc2ccc(C=C3SC(=O)NC3=O)cc21.COC(=O)CN1C(=O)COc2ccc(C=C3SC(=O)NC3=O)cc21.NC(=O)C(Cc1ccccc1)N1C(=O)COc2ccc(C=C3SC(=O)NC3=O)cc21.O=C1NC(=O)C(=Cc2ccc3c(c2)N(Cc2ccccc2)C(=O)CO3)S1.O=C1NC(=O)C(=Cc2ccc3oc(Cl)cc3c2)S1. The Morgan fingerprint density at radius 3 is 1.20 bits per heavy atom. The Labute approximate surface area is 712 Å². The zero-order valence-corrected chi connectivity index (χ0v) is 68.2. The number of nitrogens with zero attached hydrogens (tertiary/aromatic N) is 4. The third kappa shape index (κ3) is 21.3. The minimum atomic E-state index is -0.906. The largest absolute Gasteiger partial charge is 0.482 e. The fourth-order valence-corrected chi connectivity index (χ4v) is 16.2. The number of amides is 15. The van der Waals surface area contributed by atoms with Crippen molar-refractivity contribution < 1.29 is 105 Å². The van der Waals surface area contributed by atoms with Gasteiger partial charge in [-0.3, -0.25) is 113 Å². The number of primary amides is 1. The molecule has 0 bridgehead atoms. The molecular weight excluding hydrogens is 1680 g/mol. The molecule has 7 N–H and O–H groups in total. The molecule has 38 heteroatoms. The number of unbranched alkanes of at least 4 members (excludes halogenated alkanes) is 1. The van der Waals surface area contributed by atoms with Crippen molar-refractivity contribution in [3.63, 3.8) is 0 Å². The molecule has 0 spiro atoms. The van der Waals surface area contributed by atoms with Crippen LogP contribution in [0.25, 0.3) is 41.3 Å². The van der Waals surface area contributed by atoms with Crippen LogP contribution in [0.5, 0.6) is 23.0 Å². The fourth-order valence-electron chi connectivity index (χ4n) is 12.6. The Bertz CT molecular complexity index is 5860. The summed E-state index contributed by atoms with van der Waals surface area (Å²) in [4.78, 5) is 195. The second-order valence-corrected chi connectivity index (χ2v) is 31.9. The van der Waals surface area contributed by atoms with E-state index in [4.69, 9.17) is 40.7 Å². The zero-order chi connectivity index (χ0) is 85.7. The summed E-state index contributed by atoms with van der Waals surface area (Å²) in [5, 5.41) is 10.2. The van der Waals surface area contributed by atoms with Crippen LogP contribution in [0.2, 0.25) is 5.22 Å². The van der Waals surface area contributed by atoms with Crippen molar-refractivity contribution in [3.8, 4) is 23.0 Å². The van der Waals surface area contributed by atoms with E-state index in [0.717, 1.165) is 99.3 Å². The number of hydrogen-bond donors (Lipinski definition) is 6. The van der Waals surface area contributed by atoms with Gasteiger partial charge in [0.2, 0.25) is 5.91 Å². The van der Waals surface area contributed by atoms with Gasteiger partial charge in [-0.15, -0.1) is 0 Å². The van der Waals surface area contributed by atoms with Gasteiger partial charge >= 0.3 is 5.97 Å². The Kier molecular flexibility index (Phi) is 27.2. The van der Waals surface area contributed by atoms with E-state index in [9.17, 15) is 76.7 Å². The van der Waals surface area contributed by atoms with Crippen LogP contribution in [0.15, 0.2) is 187 Å². The highest BCUT2D eigenvalue weighted by atomic mass is 35.5. The van der Waals surface area contributed by atoms with Gasteiger partial charge in [-0.1, -0.05) is 104 Å². The molecule has 121 heavy (non-hydrogen) atoms. The summed E-state index contributed by atoms with van der Waals surface area (Å²) in [6.07, 6.45) is 10.1. The van der Waals surface area contributed by atoms with Gasteiger partial charge in [0.1, 0.15) is 41.2 Å². The fraction of sp³-hybridized carbons (Fsp3) is 0.157. The highest BCUT2D eigenvalue weighted by molar-refractivity contribution is 8.19. The lowest BCUT2D eigenvalue weighted by Gasteiger charge is -2.34. The summed E-state index contributed by atoms with van der Waals surface area (Å²) >= 11 is 9.97. The first kappa shape index (κ1) is 85.4. The lowest BCUT2D eigenvalue weighted by atomic mass is 10.0. The number of hydrogen-bond acceptors (Lipinski definition) is 27. The molecule has 7 aromatic carbocycles. The summed E-state index contributed by atoms with van der Waals surface area (Å²) < 4.78 is 31.7. The average molecular weight is 1750 g/mol. The molecule has 9 aliphatic rings. The van der Waals surface area contributed by atoms with E-state index < -0.39 is 57.9 Å². The molecule has 1 unspecified atom stereocenters. The number of carbonyl (C=O) groups excluding carboxylic acids is 16. The van der Waals surface area contributed by atoms with Crippen LogP contribution in [0.4, 0.5) is 46.7 Å². The standard InChI is InChI=1S/C21H17N3O5S.C19H14N2O4S.C16H16N2O4S.C15H12N2O6S.C12H6ClNO3S/c22-19(26)15(8-12-4-2-1-3-5-12)24-14-9-13(6-7-16(14)29-11-18(24)25)10-17-20(27)23-21(28)30-17;22-17-11-25-15-7-6-13(9-16-18(23)20-19(24)26-16)8-14(15)21(17)10-12-4-2-1-3-5-12;1-2-3-6-18-11-7-10(4-5-12(11)22-9-14(18)19)8-13-15(20)17-16(21)23-13;1-22-13(19)6-17-9-4-8(2-3-10(9)23-7-12(17)18)5-11-14(20)16-15(21)24-11;13-10-5-7-3-6(1-2-8(7)17-10)4-9-11(15)14-12(16)18-9/h1-7,9-10,15H,8,11H2,(H2,22,26)(H,23,27,28);1-9H,10-11H2,(H,20,23,24);4-5,7-8H,2-3,6,9H2,1H3,(H,17,20,21);2-5H,6-7H2,1H3,(H,16,20,21);1-5H,(H,14,15,16). The van der Waals surface area contributed by atoms with Crippen LogP contribution in [-0.4, -0.2) is 144 Å². The first-order chi connectivity index (χ1) is 58.2. The van der Waals surface area contributed by atoms with Gasteiger partial charge in [0.25, 0.3) is 79.4 Å². The molecule has 616 valence electrons. The maximum atomic E-state index is 12.7. The first-order valence-corrected chi connectivity index (χ1v) is 40.8. The highest BCUT2D eigenvalue weighted by Gasteiger charge is 2.38. The number of nitrogens with two attached hydrogens (primary N) is 1. The Hall–Kier alpha value is -13.5. The van der Waals surface area contributed by atoms with Crippen molar-refractivity contribution in [1.29, 1.82) is 0 Å². The molecule has 9 aliphatic heterocycles. The van der Waals surface area contributed by atoms with Crippen molar-refractivity contribution in [1.82, 2.24) is 26.6 Å². The highest BCUT2D eigenvalue weighted by Crippen LogP contribution is 2.41. The number of benzene rings is 7. The number of rotatable bonds is 16. The van der Waals surface area contributed by atoms with E-state index in [2.05, 4.69) is 38.2 Å². The van der Waals surface area contributed by atoms with Crippen LogP contribution in [0.3, 0.4) is 0 Å². The molecule has 5 fully saturated rings. The quantitative estimate of drug-likeness (QED) is 0.0386. The second-order valence-electron chi connectivity index (χ2n) is 26.5. The number of anilines is 4. The number of thioether (sulfide) groups is 5. The monoisotopic (exact) mass is 1750 g/mol. The van der Waals surface area contributed by atoms with Gasteiger partial charge in [0.15, 0.2) is 31.6 Å². The van der Waals surface area contributed by atoms with Crippen LogP contribution in [0.1, 0.15) is 58.7 Å². The maximum Gasteiger partial charge on any atom is 0.325 e. The second kappa shape index (κ2) is 38.5. The molecule has 17 rings (SSSR count). The van der Waals surface area contributed by atoms with Crippen molar-refractivity contribution in [2.45, 2.75) is 38.8 Å². The van der Waals surface area contributed by atoms with Gasteiger partial charge in [0, 0.05) is 24.4 Å². The van der Waals surface area contributed by atoms with Crippen LogP contribution in [0, 0.1) is 0 Å². The predicted molar refractivity (Wildman–Crippen MR) is 454 cm³/mol. The molecule has 10 heterocycles. The smallest absolute Gasteiger partial charge is 0.325 e. The number of imide groups is 5. The lowest BCUT2D eigenvalue weighted by molar-refractivity contribution is -0.140. The van der Waals surface area contributed by atoms with Crippen molar-refractivity contribution in [2.24, 2.45) is 5.73 Å². The van der Waals surface area contributed by atoms with Crippen molar-refractivity contribution in [2.75, 3.05) is 66.2 Å². The molecule has 1 aromatic heterocycles. The predicted octanol–water partition coefficient (Wildman–Crippen LogP) is 11.6. The summed E-state index contributed by atoms with van der Waals surface area (Å²) in [5.41, 5.74) is 13.8. The Morgan fingerprint density at radius 1 is 0.446 bits per heavy atom. The lowest BCUT2D eigenvalue weighted by Crippen LogP contribution is -2.52. The van der Waals surface area contributed by atoms with Crippen LogP contribution in [-0.2, 0) is 70.4 Å². The Balaban J connectivity index is 0.000000132. The maximum absolute atomic E-state index is 12.7. The van der Waals surface area contributed by atoms with E-state index in [1.54, 1.807) is 119 Å². The van der Waals surface area contributed by atoms with Gasteiger partial charge in [-0.25, -0.2) is 0 Å². The molecule has 0 aliphatic carbocycles. The van der Waals surface area contributed by atoms with Crippen molar-refractivity contribution >= 4 is 226 Å². The zero-order valence-electron chi connectivity index (χ0n) is 63.3. The van der Waals surface area contributed by atoms with E-state index >= 15 is 0 Å². The van der Waals surface area contributed by atoms with Crippen LogP contribution < -0.4 is 70.9 Å².